The maximum absolute atomic E-state index is 12.0. The fraction of sp³-hybridized carbons (Fsp3) is 0.625. The standard InChI is InChI=1S/C16H22N2O3/c1-9-5-14(10(2)21-9)16(20)18-17-15(19)8-13-7-11-3-4-12(13)6-11/h5,11-13H,3-4,6-8H2,1-2H3,(H,17,19)(H,18,20)/t11-,12-,13+/m1/s1. The summed E-state index contributed by atoms with van der Waals surface area (Å²) in [5, 5.41) is 0. The lowest BCUT2D eigenvalue weighted by Gasteiger charge is -2.20. The van der Waals surface area contributed by atoms with E-state index in [-0.39, 0.29) is 11.8 Å². The highest BCUT2D eigenvalue weighted by Crippen LogP contribution is 2.49. The van der Waals surface area contributed by atoms with Gasteiger partial charge in [0.1, 0.15) is 11.5 Å². The van der Waals surface area contributed by atoms with E-state index in [1.807, 2.05) is 0 Å². The summed E-state index contributed by atoms with van der Waals surface area (Å²) >= 11 is 0. The summed E-state index contributed by atoms with van der Waals surface area (Å²) in [5.74, 6) is 2.87. The largest absolute Gasteiger partial charge is 0.466 e. The average Bonchev–Trinajstić information content (AvgIpc) is 3.11. The topological polar surface area (TPSA) is 71.3 Å². The smallest absolute Gasteiger partial charge is 0.273 e. The monoisotopic (exact) mass is 290 g/mol. The minimum absolute atomic E-state index is 0.0984. The van der Waals surface area contributed by atoms with E-state index in [9.17, 15) is 9.59 Å². The molecule has 2 N–H and O–H groups in total. The molecule has 0 spiro atoms. The van der Waals surface area contributed by atoms with Gasteiger partial charge in [-0.3, -0.25) is 20.4 Å². The lowest BCUT2D eigenvalue weighted by molar-refractivity contribution is -0.123. The van der Waals surface area contributed by atoms with Crippen molar-refractivity contribution in [3.05, 3.63) is 23.2 Å². The van der Waals surface area contributed by atoms with E-state index < -0.39 is 0 Å². The van der Waals surface area contributed by atoms with Crippen LogP contribution in [0.4, 0.5) is 0 Å². The molecule has 114 valence electrons. The number of fused-ring (bicyclic) bond motifs is 2. The number of aryl methyl sites for hydroxylation is 2. The molecule has 0 aliphatic heterocycles. The third-order valence-electron chi connectivity index (χ3n) is 4.93. The van der Waals surface area contributed by atoms with Crippen LogP contribution in [0.25, 0.3) is 0 Å². The van der Waals surface area contributed by atoms with Crippen LogP contribution in [0, 0.1) is 31.6 Å². The van der Waals surface area contributed by atoms with Gasteiger partial charge >= 0.3 is 0 Å². The van der Waals surface area contributed by atoms with Gasteiger partial charge in [-0.1, -0.05) is 6.42 Å². The summed E-state index contributed by atoms with van der Waals surface area (Å²) in [6.45, 7) is 3.52. The number of hydrazine groups is 1. The molecule has 5 nitrogen and oxygen atoms in total. The minimum atomic E-state index is -0.328. The van der Waals surface area contributed by atoms with Crippen LogP contribution in [0.1, 0.15) is 54.0 Å². The quantitative estimate of drug-likeness (QED) is 0.840. The number of nitrogens with one attached hydrogen (secondary N) is 2. The number of carbonyl (C=O) groups excluding carboxylic acids is 2. The molecule has 2 bridgehead atoms. The normalized spacial score (nSPS) is 26.9. The summed E-state index contributed by atoms with van der Waals surface area (Å²) in [6, 6.07) is 1.67. The molecule has 1 heterocycles. The summed E-state index contributed by atoms with van der Waals surface area (Å²) in [6.07, 6.45) is 5.58. The highest BCUT2D eigenvalue weighted by molar-refractivity contribution is 5.96. The van der Waals surface area contributed by atoms with Gasteiger partial charge in [-0.05, 0) is 56.9 Å². The molecule has 3 atom stereocenters. The first-order valence-corrected chi connectivity index (χ1v) is 7.69. The molecule has 2 amide bonds. The molecule has 0 radical (unpaired) electrons. The van der Waals surface area contributed by atoms with Gasteiger partial charge in [0.25, 0.3) is 5.91 Å². The summed E-state index contributed by atoms with van der Waals surface area (Å²) in [4.78, 5) is 23.9. The highest BCUT2D eigenvalue weighted by atomic mass is 16.3. The van der Waals surface area contributed by atoms with Crippen molar-refractivity contribution in [2.45, 2.75) is 46.0 Å². The maximum Gasteiger partial charge on any atom is 0.273 e. The van der Waals surface area contributed by atoms with Gasteiger partial charge in [-0.2, -0.15) is 0 Å². The Hall–Kier alpha value is -1.78. The van der Waals surface area contributed by atoms with Gasteiger partial charge in [0.2, 0.25) is 5.91 Å². The van der Waals surface area contributed by atoms with Crippen molar-refractivity contribution >= 4 is 11.8 Å². The molecule has 2 fully saturated rings. The van der Waals surface area contributed by atoms with E-state index in [0.29, 0.717) is 29.4 Å². The number of amides is 2. The predicted molar refractivity (Wildman–Crippen MR) is 77.3 cm³/mol. The maximum atomic E-state index is 12.0. The van der Waals surface area contributed by atoms with Gasteiger partial charge in [-0.25, -0.2) is 0 Å². The van der Waals surface area contributed by atoms with Crippen LogP contribution in [-0.2, 0) is 4.79 Å². The first-order chi connectivity index (χ1) is 10.0. The van der Waals surface area contributed by atoms with Crippen molar-refractivity contribution in [2.24, 2.45) is 17.8 Å². The molecule has 3 rings (SSSR count). The first kappa shape index (κ1) is 14.2. The fourth-order valence-electron chi connectivity index (χ4n) is 3.97. The molecule has 0 saturated heterocycles. The zero-order chi connectivity index (χ0) is 15.0. The molecule has 0 aromatic carbocycles. The molecule has 21 heavy (non-hydrogen) atoms. The van der Waals surface area contributed by atoms with Gasteiger partial charge in [-0.15, -0.1) is 0 Å². The second-order valence-corrected chi connectivity index (χ2v) is 6.47. The number of rotatable bonds is 3. The van der Waals surface area contributed by atoms with Crippen LogP contribution < -0.4 is 10.9 Å². The average molecular weight is 290 g/mol. The summed E-state index contributed by atoms with van der Waals surface area (Å²) < 4.78 is 5.31. The Morgan fingerprint density at radius 3 is 2.62 bits per heavy atom. The second-order valence-electron chi connectivity index (χ2n) is 6.47. The third-order valence-corrected chi connectivity index (χ3v) is 4.93. The zero-order valence-corrected chi connectivity index (χ0v) is 12.6. The van der Waals surface area contributed by atoms with E-state index in [1.165, 1.54) is 25.7 Å². The summed E-state index contributed by atoms with van der Waals surface area (Å²) in [7, 11) is 0. The Morgan fingerprint density at radius 1 is 1.24 bits per heavy atom. The molecular weight excluding hydrogens is 268 g/mol. The minimum Gasteiger partial charge on any atom is -0.466 e. The summed E-state index contributed by atoms with van der Waals surface area (Å²) in [5.41, 5.74) is 5.46. The fourth-order valence-corrected chi connectivity index (χ4v) is 3.97. The van der Waals surface area contributed by atoms with Crippen molar-refractivity contribution in [3.8, 4) is 0 Å². The van der Waals surface area contributed by atoms with Crippen LogP contribution in [0.5, 0.6) is 0 Å². The van der Waals surface area contributed by atoms with E-state index in [4.69, 9.17) is 4.42 Å². The molecule has 1 aromatic rings. The van der Waals surface area contributed by atoms with Gasteiger partial charge in [0.15, 0.2) is 0 Å². The van der Waals surface area contributed by atoms with Crippen molar-refractivity contribution in [3.63, 3.8) is 0 Å². The number of carbonyl (C=O) groups is 2. The van der Waals surface area contributed by atoms with E-state index in [0.717, 1.165) is 11.8 Å². The van der Waals surface area contributed by atoms with Gasteiger partial charge in [0, 0.05) is 6.42 Å². The molecule has 2 saturated carbocycles. The molecule has 2 aliphatic rings. The number of hydrogen-bond donors (Lipinski definition) is 2. The van der Waals surface area contributed by atoms with Crippen molar-refractivity contribution in [2.75, 3.05) is 0 Å². The van der Waals surface area contributed by atoms with Crippen LogP contribution in [0.3, 0.4) is 0 Å². The van der Waals surface area contributed by atoms with Crippen molar-refractivity contribution in [1.29, 1.82) is 0 Å². The van der Waals surface area contributed by atoms with E-state index in [1.54, 1.807) is 19.9 Å². The second kappa shape index (κ2) is 5.54. The predicted octanol–water partition coefficient (Wildman–Crippen LogP) is 2.48. The number of furan rings is 1. The van der Waals surface area contributed by atoms with E-state index in [2.05, 4.69) is 10.9 Å². The Balaban J connectivity index is 1.47. The van der Waals surface area contributed by atoms with Crippen LogP contribution in [0.2, 0.25) is 0 Å². The lowest BCUT2D eigenvalue weighted by Crippen LogP contribution is -2.42. The van der Waals surface area contributed by atoms with Crippen LogP contribution in [0.15, 0.2) is 10.5 Å². The molecule has 0 unspecified atom stereocenters. The van der Waals surface area contributed by atoms with E-state index >= 15 is 0 Å². The van der Waals surface area contributed by atoms with Crippen LogP contribution >= 0.6 is 0 Å². The Kier molecular flexibility index (Phi) is 3.74. The molecule has 5 heteroatoms. The Bertz CT molecular complexity index is 564. The Morgan fingerprint density at radius 2 is 2.05 bits per heavy atom. The first-order valence-electron chi connectivity index (χ1n) is 7.69. The highest BCUT2D eigenvalue weighted by Gasteiger charge is 2.40. The number of hydrogen-bond acceptors (Lipinski definition) is 3. The van der Waals surface area contributed by atoms with Crippen molar-refractivity contribution in [1.82, 2.24) is 10.9 Å². The van der Waals surface area contributed by atoms with Gasteiger partial charge in [0.05, 0.1) is 5.56 Å². The molecule has 2 aliphatic carbocycles. The van der Waals surface area contributed by atoms with Crippen molar-refractivity contribution < 1.29 is 14.0 Å². The van der Waals surface area contributed by atoms with Crippen LogP contribution in [-0.4, -0.2) is 11.8 Å². The zero-order valence-electron chi connectivity index (χ0n) is 12.6. The Labute approximate surface area is 124 Å². The lowest BCUT2D eigenvalue weighted by atomic mass is 9.86. The SMILES string of the molecule is Cc1cc(C(=O)NNC(=O)C[C@@H]2C[C@@H]3CC[C@@H]2C3)c(C)o1. The third kappa shape index (κ3) is 2.96. The molecular formula is C16H22N2O3. The van der Waals surface area contributed by atoms with Gasteiger partial charge < -0.3 is 4.42 Å². The molecule has 1 aromatic heterocycles.